The van der Waals surface area contributed by atoms with Gasteiger partial charge < -0.3 is 10.1 Å². The van der Waals surface area contributed by atoms with E-state index in [1.165, 1.54) is 0 Å². The largest absolute Gasteiger partial charge is 0.437 e. The monoisotopic (exact) mass is 217 g/mol. The lowest BCUT2D eigenvalue weighted by Crippen LogP contribution is -2.43. The maximum absolute atomic E-state index is 10.6. The second-order valence-electron chi connectivity index (χ2n) is 2.47. The number of alkyl carbamates (subject to hydrolysis) is 1. The van der Waals surface area contributed by atoms with E-state index in [2.05, 4.69) is 5.32 Å². The number of alkyl halides is 3. The van der Waals surface area contributed by atoms with Crippen LogP contribution in [0.2, 0.25) is 0 Å². The van der Waals surface area contributed by atoms with Crippen LogP contribution in [0.4, 0.5) is 4.79 Å². The summed E-state index contributed by atoms with van der Waals surface area (Å²) in [5.41, 5.74) is -1.06. The van der Waals surface area contributed by atoms with Crippen LogP contribution in [0.3, 0.4) is 0 Å². The van der Waals surface area contributed by atoms with Gasteiger partial charge in [-0.3, -0.25) is 0 Å². The molecule has 0 aromatic heterocycles. The second kappa shape index (κ2) is 2.57. The lowest BCUT2D eigenvalue weighted by Gasteiger charge is -2.28. The standard InChI is InChI=1S/C5H6Cl3NO2/c1-4(5(6,7)8)2-9-3(10)11-4/h2H2,1H3,(H,9,10). The highest BCUT2D eigenvalue weighted by Crippen LogP contribution is 2.41. The van der Waals surface area contributed by atoms with Crippen molar-refractivity contribution in [1.82, 2.24) is 5.32 Å². The summed E-state index contributed by atoms with van der Waals surface area (Å²) in [5, 5.41) is 2.40. The molecule has 0 aromatic carbocycles. The Bertz CT molecular complexity index is 191. The third-order valence-electron chi connectivity index (χ3n) is 1.49. The molecule has 1 amide bonds. The van der Waals surface area contributed by atoms with Crippen LogP contribution < -0.4 is 5.32 Å². The first-order valence-corrected chi connectivity index (χ1v) is 4.02. The summed E-state index contributed by atoms with van der Waals surface area (Å²) in [5.74, 6) is 0. The van der Waals surface area contributed by atoms with E-state index in [-0.39, 0.29) is 6.54 Å². The average molecular weight is 218 g/mol. The van der Waals surface area contributed by atoms with E-state index in [0.717, 1.165) is 0 Å². The molecule has 11 heavy (non-hydrogen) atoms. The molecule has 0 radical (unpaired) electrons. The number of halogens is 3. The van der Waals surface area contributed by atoms with Crippen LogP contribution >= 0.6 is 34.8 Å². The summed E-state index contributed by atoms with van der Waals surface area (Å²) in [7, 11) is 0. The zero-order valence-corrected chi connectivity index (χ0v) is 7.93. The number of hydrogen-bond acceptors (Lipinski definition) is 2. The topological polar surface area (TPSA) is 38.3 Å². The van der Waals surface area contributed by atoms with Crippen molar-refractivity contribution in [2.45, 2.75) is 16.3 Å². The summed E-state index contributed by atoms with van der Waals surface area (Å²) in [6, 6.07) is 0. The zero-order chi connectivity index (χ0) is 8.70. The van der Waals surface area contributed by atoms with E-state index in [1.54, 1.807) is 6.92 Å². The van der Waals surface area contributed by atoms with Crippen molar-refractivity contribution in [3.8, 4) is 0 Å². The number of cyclic esters (lactones) is 1. The lowest BCUT2D eigenvalue weighted by atomic mass is 10.1. The summed E-state index contributed by atoms with van der Waals surface area (Å²) in [6.07, 6.45) is -0.557. The predicted octanol–water partition coefficient (Wildman–Crippen LogP) is 1.86. The number of nitrogens with one attached hydrogen (secondary N) is 1. The predicted molar refractivity (Wildman–Crippen MR) is 43.2 cm³/mol. The highest BCUT2D eigenvalue weighted by Gasteiger charge is 2.51. The van der Waals surface area contributed by atoms with Gasteiger partial charge in [-0.15, -0.1) is 0 Å². The highest BCUT2D eigenvalue weighted by atomic mass is 35.6. The Kier molecular flexibility index (Phi) is 2.16. The van der Waals surface area contributed by atoms with Crippen LogP contribution in [0.1, 0.15) is 6.92 Å². The minimum atomic E-state index is -1.59. The molecule has 3 nitrogen and oxygen atoms in total. The molecule has 0 saturated carbocycles. The van der Waals surface area contributed by atoms with E-state index < -0.39 is 15.5 Å². The van der Waals surface area contributed by atoms with Gasteiger partial charge in [-0.1, -0.05) is 34.8 Å². The van der Waals surface area contributed by atoms with Crippen LogP contribution in [0.25, 0.3) is 0 Å². The molecule has 0 spiro atoms. The van der Waals surface area contributed by atoms with Crippen LogP contribution in [0.5, 0.6) is 0 Å². The first-order chi connectivity index (χ1) is 4.85. The van der Waals surface area contributed by atoms with Crippen molar-refractivity contribution in [3.63, 3.8) is 0 Å². The van der Waals surface area contributed by atoms with Crippen LogP contribution in [0.15, 0.2) is 0 Å². The van der Waals surface area contributed by atoms with E-state index in [0.29, 0.717) is 0 Å². The zero-order valence-electron chi connectivity index (χ0n) is 5.66. The van der Waals surface area contributed by atoms with Gasteiger partial charge in [0.2, 0.25) is 3.79 Å². The van der Waals surface area contributed by atoms with Gasteiger partial charge >= 0.3 is 6.09 Å². The molecule has 1 N–H and O–H groups in total. The number of carbonyl (C=O) groups excluding carboxylic acids is 1. The molecule has 1 aliphatic heterocycles. The molecular weight excluding hydrogens is 212 g/mol. The van der Waals surface area contributed by atoms with Gasteiger partial charge in [-0.2, -0.15) is 0 Å². The number of ether oxygens (including phenoxy) is 1. The van der Waals surface area contributed by atoms with E-state index in [4.69, 9.17) is 39.5 Å². The Morgan fingerprint density at radius 3 is 2.36 bits per heavy atom. The molecule has 0 aromatic rings. The average Bonchev–Trinajstić information content (AvgIpc) is 2.10. The van der Waals surface area contributed by atoms with Crippen molar-refractivity contribution in [2.24, 2.45) is 0 Å². The summed E-state index contributed by atoms with van der Waals surface area (Å²) in [6.45, 7) is 1.76. The lowest BCUT2D eigenvalue weighted by molar-refractivity contribution is 0.0751. The molecule has 64 valence electrons. The third-order valence-corrected chi connectivity index (χ3v) is 2.69. The van der Waals surface area contributed by atoms with Gasteiger partial charge in [0.25, 0.3) is 0 Å². The molecule has 1 aliphatic rings. The summed E-state index contributed by atoms with van der Waals surface area (Å²) < 4.78 is 3.18. The van der Waals surface area contributed by atoms with Crippen LogP contribution in [-0.4, -0.2) is 22.0 Å². The molecular formula is C5H6Cl3NO2. The van der Waals surface area contributed by atoms with Crippen LogP contribution in [-0.2, 0) is 4.74 Å². The fourth-order valence-corrected chi connectivity index (χ4v) is 0.992. The van der Waals surface area contributed by atoms with Crippen LogP contribution in [0, 0.1) is 0 Å². The second-order valence-corrected chi connectivity index (χ2v) is 4.75. The SMILES string of the molecule is CC1(C(Cl)(Cl)Cl)CNC(=O)O1. The number of carbonyl (C=O) groups is 1. The Labute approximate surface area is 78.9 Å². The molecule has 0 bridgehead atoms. The summed E-state index contributed by atoms with van der Waals surface area (Å²) in [4.78, 5) is 10.6. The Morgan fingerprint density at radius 2 is 2.18 bits per heavy atom. The maximum Gasteiger partial charge on any atom is 0.408 e. The van der Waals surface area contributed by atoms with E-state index in [1.807, 2.05) is 0 Å². The van der Waals surface area contributed by atoms with Gasteiger partial charge in [0.15, 0.2) is 5.60 Å². The quantitative estimate of drug-likeness (QED) is 0.630. The van der Waals surface area contributed by atoms with Crippen molar-refractivity contribution in [1.29, 1.82) is 0 Å². The van der Waals surface area contributed by atoms with Crippen molar-refractivity contribution >= 4 is 40.9 Å². The first kappa shape index (κ1) is 9.23. The van der Waals surface area contributed by atoms with Gasteiger partial charge in [0.05, 0.1) is 6.54 Å². The third kappa shape index (κ3) is 1.66. The van der Waals surface area contributed by atoms with Gasteiger partial charge in [-0.25, -0.2) is 4.79 Å². The molecule has 1 rings (SSSR count). The van der Waals surface area contributed by atoms with Gasteiger partial charge in [-0.05, 0) is 6.92 Å². The van der Waals surface area contributed by atoms with Gasteiger partial charge in [0.1, 0.15) is 0 Å². The fourth-order valence-electron chi connectivity index (χ4n) is 0.676. The van der Waals surface area contributed by atoms with Crippen molar-refractivity contribution < 1.29 is 9.53 Å². The molecule has 1 heterocycles. The number of rotatable bonds is 0. The highest BCUT2D eigenvalue weighted by molar-refractivity contribution is 6.68. The fraction of sp³-hybridized carbons (Fsp3) is 0.800. The molecule has 1 unspecified atom stereocenters. The molecule has 1 saturated heterocycles. The molecule has 0 aliphatic carbocycles. The molecule has 1 fully saturated rings. The minimum absolute atomic E-state index is 0.211. The van der Waals surface area contributed by atoms with Crippen molar-refractivity contribution in [3.05, 3.63) is 0 Å². The number of hydrogen-bond donors (Lipinski definition) is 1. The summed E-state index contributed by atoms with van der Waals surface area (Å²) >= 11 is 16.7. The Balaban J connectivity index is 2.77. The maximum atomic E-state index is 10.6. The minimum Gasteiger partial charge on any atom is -0.437 e. The Morgan fingerprint density at radius 1 is 1.64 bits per heavy atom. The normalized spacial score (nSPS) is 31.5. The molecule has 1 atom stereocenters. The van der Waals surface area contributed by atoms with E-state index in [9.17, 15) is 4.79 Å². The van der Waals surface area contributed by atoms with E-state index >= 15 is 0 Å². The van der Waals surface area contributed by atoms with Gasteiger partial charge in [0, 0.05) is 0 Å². The molecule has 6 heteroatoms. The smallest absolute Gasteiger partial charge is 0.408 e. The van der Waals surface area contributed by atoms with Crippen molar-refractivity contribution in [2.75, 3.05) is 6.54 Å². The first-order valence-electron chi connectivity index (χ1n) is 2.89. The number of amides is 1. The Hall–Kier alpha value is 0.140.